The van der Waals surface area contributed by atoms with Crippen molar-refractivity contribution in [1.82, 2.24) is 5.32 Å². The Kier molecular flexibility index (Phi) is 5.79. The van der Waals surface area contributed by atoms with E-state index in [1.165, 1.54) is 23.4 Å². The molecule has 0 saturated carbocycles. The van der Waals surface area contributed by atoms with Crippen LogP contribution in [0.4, 0.5) is 8.78 Å². The van der Waals surface area contributed by atoms with Crippen molar-refractivity contribution in [1.29, 1.82) is 0 Å². The highest BCUT2D eigenvalue weighted by molar-refractivity contribution is 9.10. The van der Waals surface area contributed by atoms with Crippen molar-refractivity contribution >= 4 is 27.7 Å². The van der Waals surface area contributed by atoms with Gasteiger partial charge in [0.05, 0.1) is 0 Å². The van der Waals surface area contributed by atoms with Gasteiger partial charge in [-0.3, -0.25) is 0 Å². The number of hydrogen-bond acceptors (Lipinski definition) is 2. The molecule has 1 nitrogen and oxygen atoms in total. The fourth-order valence-electron chi connectivity index (χ4n) is 1.96. The van der Waals surface area contributed by atoms with Crippen LogP contribution in [0.2, 0.25) is 0 Å². The number of nitrogens with one attached hydrogen (secondary N) is 1. The Bertz CT molecular complexity index is 634. The predicted octanol–water partition coefficient (Wildman–Crippen LogP) is 5.55. The quantitative estimate of drug-likeness (QED) is 0.739. The minimum atomic E-state index is -0.826. The first-order valence-corrected chi connectivity index (χ1v) is 8.28. The molecular formula is C16H16BrF2NS. The Balaban J connectivity index is 2.19. The minimum Gasteiger partial charge on any atom is -0.310 e. The molecule has 0 aliphatic carbocycles. The molecule has 21 heavy (non-hydrogen) atoms. The molecular weight excluding hydrogens is 356 g/mol. The zero-order valence-corrected chi connectivity index (χ0v) is 14.2. The minimum absolute atomic E-state index is 0.272. The molecule has 2 aromatic carbocycles. The van der Waals surface area contributed by atoms with E-state index in [4.69, 9.17) is 0 Å². The number of hydrogen-bond donors (Lipinski definition) is 1. The topological polar surface area (TPSA) is 12.0 Å². The van der Waals surface area contributed by atoms with Gasteiger partial charge in [-0.2, -0.15) is 0 Å². The van der Waals surface area contributed by atoms with Gasteiger partial charge in [0.2, 0.25) is 0 Å². The summed E-state index contributed by atoms with van der Waals surface area (Å²) < 4.78 is 27.1. The molecule has 112 valence electrons. The van der Waals surface area contributed by atoms with Gasteiger partial charge in [0, 0.05) is 20.3 Å². The molecule has 1 N–H and O–H groups in total. The van der Waals surface area contributed by atoms with Crippen LogP contribution in [0.15, 0.2) is 50.7 Å². The lowest BCUT2D eigenvalue weighted by Gasteiger charge is -2.14. The molecule has 0 bridgehead atoms. The van der Waals surface area contributed by atoms with E-state index in [0.29, 0.717) is 4.90 Å². The smallest absolute Gasteiger partial charge is 0.159 e. The number of rotatable bonds is 5. The van der Waals surface area contributed by atoms with E-state index < -0.39 is 11.6 Å². The molecule has 0 saturated heterocycles. The summed E-state index contributed by atoms with van der Waals surface area (Å²) in [7, 11) is 0. The first-order valence-electron chi connectivity index (χ1n) is 6.67. The second-order valence-electron chi connectivity index (χ2n) is 4.65. The zero-order valence-electron chi connectivity index (χ0n) is 11.8. The first kappa shape index (κ1) is 16.5. The summed E-state index contributed by atoms with van der Waals surface area (Å²) in [5.41, 5.74) is 1.18. The predicted molar refractivity (Wildman–Crippen MR) is 86.7 cm³/mol. The summed E-state index contributed by atoms with van der Waals surface area (Å²) in [6.07, 6.45) is 0. The van der Waals surface area contributed by atoms with Gasteiger partial charge in [-0.25, -0.2) is 8.78 Å². The molecule has 0 fully saturated rings. The van der Waals surface area contributed by atoms with Gasteiger partial charge < -0.3 is 5.32 Å². The largest absolute Gasteiger partial charge is 0.310 e. The SMILES string of the molecule is CCNC(C)c1ccc(Sc2ccc(F)c(F)c2)c(Br)c1. The summed E-state index contributed by atoms with van der Waals surface area (Å²) in [5.74, 6) is -1.65. The molecule has 2 rings (SSSR count). The van der Waals surface area contributed by atoms with Crippen molar-refractivity contribution in [3.8, 4) is 0 Å². The molecule has 0 spiro atoms. The van der Waals surface area contributed by atoms with Crippen LogP contribution in [0.3, 0.4) is 0 Å². The maximum atomic E-state index is 13.2. The zero-order chi connectivity index (χ0) is 15.4. The van der Waals surface area contributed by atoms with Crippen LogP contribution in [-0.2, 0) is 0 Å². The number of benzene rings is 2. The Labute approximate surface area is 136 Å². The van der Waals surface area contributed by atoms with Crippen LogP contribution in [-0.4, -0.2) is 6.54 Å². The maximum Gasteiger partial charge on any atom is 0.159 e. The lowest BCUT2D eigenvalue weighted by atomic mass is 10.1. The lowest BCUT2D eigenvalue weighted by molar-refractivity contribution is 0.506. The van der Waals surface area contributed by atoms with Gasteiger partial charge in [0.25, 0.3) is 0 Å². The van der Waals surface area contributed by atoms with Crippen molar-refractivity contribution in [2.24, 2.45) is 0 Å². The maximum absolute atomic E-state index is 13.2. The van der Waals surface area contributed by atoms with E-state index >= 15 is 0 Å². The van der Waals surface area contributed by atoms with Gasteiger partial charge >= 0.3 is 0 Å². The van der Waals surface area contributed by atoms with Crippen molar-refractivity contribution in [3.63, 3.8) is 0 Å². The second kappa shape index (κ2) is 7.38. The Hall–Kier alpha value is -0.910. The highest BCUT2D eigenvalue weighted by Crippen LogP contribution is 2.35. The summed E-state index contributed by atoms with van der Waals surface area (Å²) in [4.78, 5) is 1.63. The van der Waals surface area contributed by atoms with Crippen LogP contribution >= 0.6 is 27.7 Å². The summed E-state index contributed by atoms with van der Waals surface area (Å²) >= 11 is 4.94. The van der Waals surface area contributed by atoms with E-state index in [9.17, 15) is 8.78 Å². The van der Waals surface area contributed by atoms with Crippen LogP contribution in [0, 0.1) is 11.6 Å². The number of halogens is 3. The third-order valence-corrected chi connectivity index (χ3v) is 5.07. The standard InChI is InChI=1S/C16H16BrF2NS/c1-3-20-10(2)11-4-7-16(13(17)8-11)21-12-5-6-14(18)15(19)9-12/h4-10,20H,3H2,1-2H3. The molecule has 0 radical (unpaired) electrons. The molecule has 1 unspecified atom stereocenters. The first-order chi connectivity index (χ1) is 10.0. The molecule has 0 heterocycles. The Morgan fingerprint density at radius 2 is 1.90 bits per heavy atom. The Morgan fingerprint density at radius 3 is 2.52 bits per heavy atom. The van der Waals surface area contributed by atoms with Crippen molar-refractivity contribution < 1.29 is 8.78 Å². The van der Waals surface area contributed by atoms with Gasteiger partial charge in [-0.1, -0.05) is 24.8 Å². The summed E-state index contributed by atoms with van der Waals surface area (Å²) in [6.45, 7) is 5.08. The molecule has 0 aliphatic heterocycles. The van der Waals surface area contributed by atoms with E-state index in [-0.39, 0.29) is 6.04 Å². The van der Waals surface area contributed by atoms with E-state index in [2.05, 4.69) is 41.2 Å². The van der Waals surface area contributed by atoms with Gasteiger partial charge in [0.15, 0.2) is 11.6 Å². The second-order valence-corrected chi connectivity index (χ2v) is 6.62. The third-order valence-electron chi connectivity index (χ3n) is 3.09. The van der Waals surface area contributed by atoms with Crippen molar-refractivity contribution in [2.75, 3.05) is 6.54 Å². The summed E-state index contributed by atoms with van der Waals surface area (Å²) in [6, 6.07) is 10.3. The van der Waals surface area contributed by atoms with E-state index in [0.717, 1.165) is 22.0 Å². The lowest BCUT2D eigenvalue weighted by Crippen LogP contribution is -2.17. The monoisotopic (exact) mass is 371 g/mol. The van der Waals surface area contributed by atoms with Gasteiger partial charge in [-0.15, -0.1) is 0 Å². The highest BCUT2D eigenvalue weighted by Gasteiger charge is 2.09. The molecule has 2 aromatic rings. The normalized spacial score (nSPS) is 12.4. The van der Waals surface area contributed by atoms with Gasteiger partial charge in [0.1, 0.15) is 0 Å². The van der Waals surface area contributed by atoms with Gasteiger partial charge in [-0.05, 0) is 65.3 Å². The van der Waals surface area contributed by atoms with Crippen LogP contribution < -0.4 is 5.32 Å². The summed E-state index contributed by atoms with van der Waals surface area (Å²) in [5, 5.41) is 3.35. The third kappa shape index (κ3) is 4.28. The van der Waals surface area contributed by atoms with E-state index in [1.54, 1.807) is 6.07 Å². The Morgan fingerprint density at radius 1 is 1.14 bits per heavy atom. The fourth-order valence-corrected chi connectivity index (χ4v) is 3.44. The molecule has 0 aromatic heterocycles. The van der Waals surface area contributed by atoms with Crippen molar-refractivity contribution in [2.45, 2.75) is 29.7 Å². The van der Waals surface area contributed by atoms with Crippen LogP contribution in [0.5, 0.6) is 0 Å². The molecule has 0 amide bonds. The average Bonchev–Trinajstić information content (AvgIpc) is 2.45. The van der Waals surface area contributed by atoms with Crippen LogP contribution in [0.1, 0.15) is 25.5 Å². The highest BCUT2D eigenvalue weighted by atomic mass is 79.9. The fraction of sp³-hybridized carbons (Fsp3) is 0.250. The van der Waals surface area contributed by atoms with Crippen LogP contribution in [0.25, 0.3) is 0 Å². The molecule has 0 aliphatic rings. The molecule has 5 heteroatoms. The molecule has 1 atom stereocenters. The average molecular weight is 372 g/mol. The van der Waals surface area contributed by atoms with E-state index in [1.807, 2.05) is 12.1 Å². The van der Waals surface area contributed by atoms with Crippen molar-refractivity contribution in [3.05, 3.63) is 58.1 Å².